The molecule has 0 aliphatic heterocycles. The van der Waals surface area contributed by atoms with Gasteiger partial charge in [-0.1, -0.05) is 45.1 Å². The van der Waals surface area contributed by atoms with Crippen LogP contribution in [0.15, 0.2) is 17.5 Å². The predicted molar refractivity (Wildman–Crippen MR) is 93.6 cm³/mol. The van der Waals surface area contributed by atoms with E-state index in [1.807, 2.05) is 0 Å². The highest BCUT2D eigenvalue weighted by Crippen LogP contribution is 2.09. The van der Waals surface area contributed by atoms with Gasteiger partial charge >= 0.3 is 0 Å². The lowest BCUT2D eigenvalue weighted by molar-refractivity contribution is -0.125. The number of aliphatic hydroxyl groups is 1. The molecule has 1 aromatic heterocycles. The molecule has 2 atom stereocenters. The van der Waals surface area contributed by atoms with Gasteiger partial charge in [-0.3, -0.25) is 9.59 Å². The van der Waals surface area contributed by atoms with Crippen molar-refractivity contribution in [2.24, 2.45) is 0 Å². The second kappa shape index (κ2) is 11.2. The molecule has 0 spiro atoms. The van der Waals surface area contributed by atoms with Crippen molar-refractivity contribution in [2.45, 2.75) is 64.5 Å². The summed E-state index contributed by atoms with van der Waals surface area (Å²) in [6.45, 7) is 4.26. The molecule has 3 N–H and O–H groups in total. The van der Waals surface area contributed by atoms with Gasteiger partial charge in [-0.05, 0) is 24.8 Å². The maximum atomic E-state index is 12.1. The van der Waals surface area contributed by atoms with E-state index in [2.05, 4.69) is 17.6 Å². The molecule has 0 radical (unpaired) electrons. The van der Waals surface area contributed by atoms with Crippen molar-refractivity contribution in [3.63, 3.8) is 0 Å². The maximum Gasteiger partial charge on any atom is 0.262 e. The van der Waals surface area contributed by atoms with Crippen molar-refractivity contribution < 1.29 is 14.7 Å². The number of thiophene rings is 1. The number of carbonyl (C=O) groups excluding carboxylic acids is 2. The van der Waals surface area contributed by atoms with Gasteiger partial charge in [0.25, 0.3) is 5.91 Å². The average Bonchev–Trinajstić information content (AvgIpc) is 3.05. The summed E-state index contributed by atoms with van der Waals surface area (Å²) >= 11 is 1.30. The fraction of sp³-hybridized carbons (Fsp3) is 0.647. The number of carbonyl (C=O) groups is 2. The van der Waals surface area contributed by atoms with E-state index in [-0.39, 0.29) is 11.8 Å². The van der Waals surface area contributed by atoms with Crippen LogP contribution in [0.5, 0.6) is 0 Å². The van der Waals surface area contributed by atoms with Gasteiger partial charge in [0.1, 0.15) is 6.04 Å². The Morgan fingerprint density at radius 3 is 2.52 bits per heavy atom. The van der Waals surface area contributed by atoms with E-state index >= 15 is 0 Å². The van der Waals surface area contributed by atoms with Gasteiger partial charge in [0.2, 0.25) is 5.91 Å². The number of hydrogen-bond donors (Lipinski definition) is 3. The van der Waals surface area contributed by atoms with Crippen LogP contribution >= 0.6 is 11.3 Å². The van der Waals surface area contributed by atoms with Gasteiger partial charge in [-0.25, -0.2) is 0 Å². The molecule has 0 saturated heterocycles. The summed E-state index contributed by atoms with van der Waals surface area (Å²) in [5, 5.41) is 16.9. The van der Waals surface area contributed by atoms with E-state index in [0.29, 0.717) is 11.4 Å². The van der Waals surface area contributed by atoms with E-state index in [4.69, 9.17) is 0 Å². The van der Waals surface area contributed by atoms with E-state index in [1.54, 1.807) is 17.5 Å². The van der Waals surface area contributed by atoms with Gasteiger partial charge in [-0.2, -0.15) is 0 Å². The Kier molecular flexibility index (Phi) is 9.55. The minimum Gasteiger partial charge on any atom is -0.391 e. The van der Waals surface area contributed by atoms with Gasteiger partial charge in [0, 0.05) is 6.54 Å². The number of aliphatic hydroxyl groups excluding tert-OH is 1. The van der Waals surface area contributed by atoms with Crippen LogP contribution in [-0.4, -0.2) is 35.6 Å². The average molecular weight is 340 g/mol. The van der Waals surface area contributed by atoms with Crippen LogP contribution in [0.1, 0.15) is 62.0 Å². The quantitative estimate of drug-likeness (QED) is 0.542. The molecule has 130 valence electrons. The fourth-order valence-corrected chi connectivity index (χ4v) is 2.88. The SMILES string of the molecule is CCCCCCCCNC(=O)[C@@H](NC(=O)c1cccs1)[C@H](C)O. The summed E-state index contributed by atoms with van der Waals surface area (Å²) in [5.41, 5.74) is 0. The Morgan fingerprint density at radius 1 is 1.22 bits per heavy atom. The number of unbranched alkanes of at least 4 members (excludes halogenated alkanes) is 5. The summed E-state index contributed by atoms with van der Waals surface area (Å²) in [4.78, 5) is 24.7. The largest absolute Gasteiger partial charge is 0.391 e. The van der Waals surface area contributed by atoms with E-state index in [1.165, 1.54) is 43.9 Å². The third-order valence-electron chi connectivity index (χ3n) is 3.63. The molecule has 0 aliphatic carbocycles. The maximum absolute atomic E-state index is 12.1. The molecule has 0 aromatic carbocycles. The van der Waals surface area contributed by atoms with Gasteiger partial charge in [0.05, 0.1) is 11.0 Å². The minimum absolute atomic E-state index is 0.333. The smallest absolute Gasteiger partial charge is 0.262 e. The molecule has 2 amide bonds. The zero-order valence-corrected chi connectivity index (χ0v) is 14.8. The Hall–Kier alpha value is -1.40. The van der Waals surface area contributed by atoms with Crippen molar-refractivity contribution in [1.82, 2.24) is 10.6 Å². The van der Waals surface area contributed by atoms with Crippen molar-refractivity contribution in [1.29, 1.82) is 0 Å². The number of hydrogen-bond acceptors (Lipinski definition) is 4. The van der Waals surface area contributed by atoms with E-state index < -0.39 is 12.1 Å². The Morgan fingerprint density at radius 2 is 1.91 bits per heavy atom. The highest BCUT2D eigenvalue weighted by molar-refractivity contribution is 7.12. The Labute approximate surface area is 142 Å². The zero-order valence-electron chi connectivity index (χ0n) is 14.0. The van der Waals surface area contributed by atoms with Crippen molar-refractivity contribution >= 4 is 23.2 Å². The van der Waals surface area contributed by atoms with Crippen LogP contribution in [-0.2, 0) is 4.79 Å². The van der Waals surface area contributed by atoms with Crippen LogP contribution in [0, 0.1) is 0 Å². The first-order valence-electron chi connectivity index (χ1n) is 8.36. The molecular formula is C17H28N2O3S. The monoisotopic (exact) mass is 340 g/mol. The second-order valence-corrected chi connectivity index (χ2v) is 6.68. The van der Waals surface area contributed by atoms with Crippen LogP contribution < -0.4 is 10.6 Å². The first-order chi connectivity index (χ1) is 11.1. The van der Waals surface area contributed by atoms with Crippen molar-refractivity contribution in [3.05, 3.63) is 22.4 Å². The molecule has 0 saturated carbocycles. The van der Waals surface area contributed by atoms with Crippen molar-refractivity contribution in [3.8, 4) is 0 Å². The Balaban J connectivity index is 2.33. The lowest BCUT2D eigenvalue weighted by atomic mass is 10.1. The lowest BCUT2D eigenvalue weighted by Gasteiger charge is -2.20. The normalized spacial score (nSPS) is 13.3. The summed E-state index contributed by atoms with van der Waals surface area (Å²) in [6.07, 6.45) is 5.95. The summed E-state index contributed by atoms with van der Waals surface area (Å²) in [7, 11) is 0. The third-order valence-corrected chi connectivity index (χ3v) is 4.49. The van der Waals surface area contributed by atoms with E-state index in [0.717, 1.165) is 12.8 Å². The molecule has 0 bridgehead atoms. The molecule has 0 unspecified atom stereocenters. The molecule has 1 rings (SSSR count). The van der Waals surface area contributed by atoms with Crippen LogP contribution in [0.3, 0.4) is 0 Å². The van der Waals surface area contributed by atoms with Gasteiger partial charge < -0.3 is 15.7 Å². The number of rotatable bonds is 11. The predicted octanol–water partition coefficient (Wildman–Crippen LogP) is 2.70. The van der Waals surface area contributed by atoms with Crippen LogP contribution in [0.4, 0.5) is 0 Å². The third kappa shape index (κ3) is 7.61. The second-order valence-electron chi connectivity index (χ2n) is 5.73. The molecule has 5 nitrogen and oxygen atoms in total. The molecule has 23 heavy (non-hydrogen) atoms. The molecule has 0 fully saturated rings. The molecule has 1 heterocycles. The first-order valence-corrected chi connectivity index (χ1v) is 9.24. The minimum atomic E-state index is -0.941. The zero-order chi connectivity index (χ0) is 17.1. The standard InChI is InChI=1S/C17H28N2O3S/c1-3-4-5-6-7-8-11-18-17(22)15(13(2)20)19-16(21)14-10-9-12-23-14/h9-10,12-13,15,20H,3-8,11H2,1-2H3,(H,18,22)(H,19,21)/t13-,15-/m0/s1. The molecular weight excluding hydrogens is 312 g/mol. The summed E-state index contributed by atoms with van der Waals surface area (Å²) in [6, 6.07) is 2.53. The Bertz CT molecular complexity index is 460. The highest BCUT2D eigenvalue weighted by Gasteiger charge is 2.25. The van der Waals surface area contributed by atoms with Crippen LogP contribution in [0.2, 0.25) is 0 Å². The van der Waals surface area contributed by atoms with Gasteiger partial charge in [0.15, 0.2) is 0 Å². The summed E-state index contributed by atoms with van der Waals surface area (Å²) < 4.78 is 0. The molecule has 1 aromatic rings. The van der Waals surface area contributed by atoms with Crippen molar-refractivity contribution in [2.75, 3.05) is 6.54 Å². The molecule has 0 aliphatic rings. The van der Waals surface area contributed by atoms with Crippen LogP contribution in [0.25, 0.3) is 0 Å². The summed E-state index contributed by atoms with van der Waals surface area (Å²) in [5.74, 6) is -0.668. The highest BCUT2D eigenvalue weighted by atomic mass is 32.1. The lowest BCUT2D eigenvalue weighted by Crippen LogP contribution is -2.52. The topological polar surface area (TPSA) is 78.4 Å². The number of amides is 2. The van der Waals surface area contributed by atoms with Gasteiger partial charge in [-0.15, -0.1) is 11.3 Å². The first kappa shape index (κ1) is 19.6. The fourth-order valence-electron chi connectivity index (χ4n) is 2.25. The number of nitrogens with one attached hydrogen (secondary N) is 2. The van der Waals surface area contributed by atoms with E-state index in [9.17, 15) is 14.7 Å². The molecule has 6 heteroatoms.